The molecule has 0 N–H and O–H groups in total. The minimum absolute atomic E-state index is 0.221. The number of allylic oxidation sites excluding steroid dienone is 4. The fourth-order valence-electron chi connectivity index (χ4n) is 2.92. The number of hydrogen-bond donors (Lipinski definition) is 0. The van der Waals surface area contributed by atoms with Crippen LogP contribution in [0.15, 0.2) is 42.0 Å². The first-order valence-electron chi connectivity index (χ1n) is 8.10. The highest BCUT2D eigenvalue weighted by atomic mass is 14.5. The fraction of sp³-hybridized carbons (Fsp3) is 0.524. The Morgan fingerprint density at radius 2 is 1.90 bits per heavy atom. The predicted octanol–water partition coefficient (Wildman–Crippen LogP) is 6.09. The summed E-state index contributed by atoms with van der Waals surface area (Å²) < 4.78 is 0. The molecule has 0 spiro atoms. The molecule has 1 aliphatic rings. The summed E-state index contributed by atoms with van der Waals surface area (Å²) in [5, 5.41) is 0. The van der Waals surface area contributed by atoms with Crippen molar-refractivity contribution in [1.29, 1.82) is 0 Å². The van der Waals surface area contributed by atoms with Gasteiger partial charge in [0.15, 0.2) is 0 Å². The lowest BCUT2D eigenvalue weighted by Crippen LogP contribution is -2.14. The number of hydrogen-bond acceptors (Lipinski definition) is 0. The van der Waals surface area contributed by atoms with E-state index in [4.69, 9.17) is 0 Å². The third-order valence-corrected chi connectivity index (χ3v) is 4.95. The van der Waals surface area contributed by atoms with Crippen LogP contribution in [0.3, 0.4) is 0 Å². The van der Waals surface area contributed by atoms with E-state index >= 15 is 0 Å². The van der Waals surface area contributed by atoms with Crippen molar-refractivity contribution in [3.63, 3.8) is 0 Å². The summed E-state index contributed by atoms with van der Waals surface area (Å²) in [6, 6.07) is 7.15. The maximum atomic E-state index is 2.43. The van der Waals surface area contributed by atoms with Crippen LogP contribution in [0.1, 0.15) is 64.7 Å². The third-order valence-electron chi connectivity index (χ3n) is 4.95. The van der Waals surface area contributed by atoms with Crippen molar-refractivity contribution in [2.24, 2.45) is 5.92 Å². The lowest BCUT2D eigenvalue weighted by Gasteiger charge is -2.23. The van der Waals surface area contributed by atoms with E-state index in [0.29, 0.717) is 11.3 Å². The molecule has 0 heteroatoms. The lowest BCUT2D eigenvalue weighted by atomic mass is 9.82. The largest absolute Gasteiger partial charge is 0.0847 e. The molecule has 0 bridgehead atoms. The van der Waals surface area contributed by atoms with Gasteiger partial charge in [0.25, 0.3) is 0 Å². The van der Waals surface area contributed by atoms with Crippen LogP contribution in [-0.4, -0.2) is 0 Å². The molecule has 114 valence electrons. The summed E-state index contributed by atoms with van der Waals surface area (Å²) in [6.07, 6.45) is 8.11. The fourth-order valence-corrected chi connectivity index (χ4v) is 2.92. The normalized spacial score (nSPS) is 26.4. The van der Waals surface area contributed by atoms with E-state index in [-0.39, 0.29) is 5.41 Å². The van der Waals surface area contributed by atoms with Gasteiger partial charge in [0.2, 0.25) is 0 Å². The van der Waals surface area contributed by atoms with E-state index in [1.54, 1.807) is 0 Å². The standard InChI is InChI=1S/C21H30/c1-8-15(2)9-10-17-14-21(17,7)19-12-16(3)11-18(13-19)20(4,5)6/h8-13,17H,14H2,1-7H3/b10-9+,15-8+. The van der Waals surface area contributed by atoms with Crippen LogP contribution < -0.4 is 0 Å². The molecule has 1 aromatic rings. The first-order chi connectivity index (χ1) is 9.66. The smallest absolute Gasteiger partial charge is 0.000602 e. The molecule has 1 fully saturated rings. The Labute approximate surface area is 131 Å². The second kappa shape index (κ2) is 5.48. The highest BCUT2D eigenvalue weighted by Crippen LogP contribution is 2.55. The van der Waals surface area contributed by atoms with Crippen molar-refractivity contribution in [1.82, 2.24) is 0 Å². The lowest BCUT2D eigenvalue weighted by molar-refractivity contribution is 0.586. The molecule has 0 aromatic heterocycles. The van der Waals surface area contributed by atoms with Crippen LogP contribution in [0.5, 0.6) is 0 Å². The van der Waals surface area contributed by atoms with Crippen molar-refractivity contribution >= 4 is 0 Å². The van der Waals surface area contributed by atoms with E-state index in [2.05, 4.69) is 84.9 Å². The molecule has 1 aromatic carbocycles. The van der Waals surface area contributed by atoms with Crippen molar-refractivity contribution in [2.45, 2.75) is 65.7 Å². The second-order valence-electron chi connectivity index (χ2n) is 7.96. The summed E-state index contributed by atoms with van der Waals surface area (Å²) in [6.45, 7) is 15.8. The molecule has 0 heterocycles. The zero-order valence-corrected chi connectivity index (χ0v) is 14.7. The quantitative estimate of drug-likeness (QED) is 0.588. The monoisotopic (exact) mass is 282 g/mol. The molecule has 0 amide bonds. The molecular formula is C21H30. The topological polar surface area (TPSA) is 0 Å². The molecule has 1 saturated carbocycles. The van der Waals surface area contributed by atoms with E-state index in [1.165, 1.54) is 28.7 Å². The highest BCUT2D eigenvalue weighted by Gasteiger charge is 2.49. The van der Waals surface area contributed by atoms with Gasteiger partial charge < -0.3 is 0 Å². The number of benzene rings is 1. The molecule has 0 radical (unpaired) electrons. The summed E-state index contributed by atoms with van der Waals surface area (Å²) in [4.78, 5) is 0. The summed E-state index contributed by atoms with van der Waals surface area (Å²) >= 11 is 0. The minimum atomic E-state index is 0.221. The Morgan fingerprint density at radius 3 is 2.48 bits per heavy atom. The maximum Gasteiger partial charge on any atom is -0.000602 e. The van der Waals surface area contributed by atoms with Crippen LogP contribution in [0.4, 0.5) is 0 Å². The average molecular weight is 282 g/mol. The van der Waals surface area contributed by atoms with Crippen LogP contribution in [0.2, 0.25) is 0 Å². The van der Waals surface area contributed by atoms with E-state index < -0.39 is 0 Å². The predicted molar refractivity (Wildman–Crippen MR) is 93.9 cm³/mol. The van der Waals surface area contributed by atoms with Crippen molar-refractivity contribution in [2.75, 3.05) is 0 Å². The Kier molecular flexibility index (Phi) is 4.19. The van der Waals surface area contributed by atoms with Gasteiger partial charge in [-0.15, -0.1) is 0 Å². The molecule has 0 aliphatic heterocycles. The van der Waals surface area contributed by atoms with Gasteiger partial charge in [-0.05, 0) is 55.1 Å². The molecule has 2 rings (SSSR count). The molecule has 0 saturated heterocycles. The van der Waals surface area contributed by atoms with Crippen LogP contribution >= 0.6 is 0 Å². The molecule has 21 heavy (non-hydrogen) atoms. The Balaban J connectivity index is 2.28. The van der Waals surface area contributed by atoms with Gasteiger partial charge in [0.05, 0.1) is 0 Å². The first-order valence-corrected chi connectivity index (χ1v) is 8.10. The third kappa shape index (κ3) is 3.48. The van der Waals surface area contributed by atoms with Crippen LogP contribution in [0, 0.1) is 12.8 Å². The zero-order valence-electron chi connectivity index (χ0n) is 14.7. The van der Waals surface area contributed by atoms with Crippen molar-refractivity contribution < 1.29 is 0 Å². The van der Waals surface area contributed by atoms with Crippen molar-refractivity contribution in [3.8, 4) is 0 Å². The van der Waals surface area contributed by atoms with Gasteiger partial charge in [0.1, 0.15) is 0 Å². The molecule has 2 unspecified atom stereocenters. The van der Waals surface area contributed by atoms with Gasteiger partial charge in [0, 0.05) is 0 Å². The summed E-state index contributed by atoms with van der Waals surface area (Å²) in [5.74, 6) is 0.682. The number of rotatable bonds is 3. The SMILES string of the molecule is C/C=C(C)/C=C/C1CC1(C)c1cc(C)cc(C(C)(C)C)c1. The summed E-state index contributed by atoms with van der Waals surface area (Å²) in [5.41, 5.74) is 6.26. The van der Waals surface area contributed by atoms with Gasteiger partial charge in [-0.25, -0.2) is 0 Å². The van der Waals surface area contributed by atoms with Crippen LogP contribution in [-0.2, 0) is 10.8 Å². The van der Waals surface area contributed by atoms with E-state index in [9.17, 15) is 0 Å². The van der Waals surface area contributed by atoms with E-state index in [1.807, 2.05) is 0 Å². The van der Waals surface area contributed by atoms with Gasteiger partial charge in [-0.2, -0.15) is 0 Å². The number of aryl methyl sites for hydroxylation is 1. The van der Waals surface area contributed by atoms with Gasteiger partial charge in [-0.1, -0.05) is 75.3 Å². The highest BCUT2D eigenvalue weighted by molar-refractivity contribution is 5.42. The summed E-state index contributed by atoms with van der Waals surface area (Å²) in [7, 11) is 0. The second-order valence-corrected chi connectivity index (χ2v) is 7.96. The van der Waals surface area contributed by atoms with E-state index in [0.717, 1.165) is 0 Å². The zero-order chi connectivity index (χ0) is 15.8. The Hall–Kier alpha value is -1.30. The minimum Gasteiger partial charge on any atom is -0.0847 e. The molecule has 1 aliphatic carbocycles. The van der Waals surface area contributed by atoms with Gasteiger partial charge in [-0.3, -0.25) is 0 Å². The first kappa shape index (κ1) is 16.1. The molecule has 2 atom stereocenters. The Morgan fingerprint density at radius 1 is 1.24 bits per heavy atom. The molecular weight excluding hydrogens is 252 g/mol. The molecule has 0 nitrogen and oxygen atoms in total. The maximum absolute atomic E-state index is 2.43. The average Bonchev–Trinajstić information content (AvgIpc) is 3.07. The Bertz CT molecular complexity index is 581. The van der Waals surface area contributed by atoms with Crippen molar-refractivity contribution in [3.05, 3.63) is 58.7 Å². The van der Waals surface area contributed by atoms with Gasteiger partial charge >= 0.3 is 0 Å². The van der Waals surface area contributed by atoms with Crippen LogP contribution in [0.25, 0.3) is 0 Å².